The van der Waals surface area contributed by atoms with E-state index in [1.807, 2.05) is 6.07 Å². The lowest BCUT2D eigenvalue weighted by molar-refractivity contribution is -0.00178. The molecule has 3 atom stereocenters. The SMILES string of the molecule is CC(C)(O)[C@H](F)CNC(=O)c1cnc(-n2ccc3cc(C#N)cnc32)cc1NC1COCCC1F. The third-order valence-electron chi connectivity index (χ3n) is 5.86. The Bertz CT molecular complexity index is 1270. The number of nitrogens with one attached hydrogen (secondary N) is 2. The second-order valence-electron chi connectivity index (χ2n) is 8.98. The van der Waals surface area contributed by atoms with Crippen molar-refractivity contribution < 1.29 is 23.4 Å². The van der Waals surface area contributed by atoms with Crippen molar-refractivity contribution in [3.63, 3.8) is 0 Å². The first kappa shape index (κ1) is 24.5. The Morgan fingerprint density at radius 1 is 1.40 bits per heavy atom. The molecule has 4 rings (SSSR count). The second-order valence-corrected chi connectivity index (χ2v) is 8.98. The van der Waals surface area contributed by atoms with Gasteiger partial charge in [-0.05, 0) is 26.0 Å². The van der Waals surface area contributed by atoms with Gasteiger partial charge in [-0.3, -0.25) is 9.36 Å². The van der Waals surface area contributed by atoms with Crippen molar-refractivity contribution in [2.24, 2.45) is 0 Å². The van der Waals surface area contributed by atoms with Crippen LogP contribution in [-0.4, -0.2) is 69.3 Å². The Labute approximate surface area is 200 Å². The van der Waals surface area contributed by atoms with Crippen molar-refractivity contribution in [2.45, 2.75) is 44.3 Å². The maximum absolute atomic E-state index is 14.5. The van der Waals surface area contributed by atoms with Crippen molar-refractivity contribution in [3.8, 4) is 11.9 Å². The van der Waals surface area contributed by atoms with Crippen molar-refractivity contribution in [2.75, 3.05) is 25.1 Å². The molecule has 4 heterocycles. The van der Waals surface area contributed by atoms with Crippen LogP contribution < -0.4 is 10.6 Å². The standard InChI is InChI=1S/C24H26F2N6O3/c1-24(2,34)20(26)12-30-23(33)16-11-28-21(8-18(16)31-19-13-35-6-4-17(19)25)32-5-3-15-7-14(9-27)10-29-22(15)32/h3,5,7-8,10-11,17,19-20,34H,4,6,12-13H2,1-2H3,(H,28,31)(H,30,33)/t17?,19?,20-/m1/s1. The number of hydrogen-bond acceptors (Lipinski definition) is 7. The number of amides is 1. The number of pyridine rings is 2. The topological polar surface area (TPSA) is 125 Å². The Balaban J connectivity index is 1.67. The molecule has 11 heteroatoms. The van der Waals surface area contributed by atoms with Crippen LogP contribution >= 0.6 is 0 Å². The highest BCUT2D eigenvalue weighted by Crippen LogP contribution is 2.25. The van der Waals surface area contributed by atoms with Crippen molar-refractivity contribution in [3.05, 3.63) is 47.9 Å². The molecular formula is C24H26F2N6O3. The van der Waals surface area contributed by atoms with Crippen LogP contribution in [-0.2, 0) is 4.74 Å². The molecule has 1 aliphatic rings. The van der Waals surface area contributed by atoms with Gasteiger partial charge in [-0.25, -0.2) is 18.7 Å². The van der Waals surface area contributed by atoms with E-state index in [4.69, 9.17) is 10.00 Å². The zero-order valence-electron chi connectivity index (χ0n) is 19.3. The molecule has 3 aromatic heterocycles. The first-order valence-corrected chi connectivity index (χ1v) is 11.2. The van der Waals surface area contributed by atoms with E-state index in [9.17, 15) is 18.7 Å². The maximum Gasteiger partial charge on any atom is 0.255 e. The van der Waals surface area contributed by atoms with Crippen molar-refractivity contribution >= 4 is 22.6 Å². The predicted octanol–water partition coefficient (Wildman–Crippen LogP) is 2.67. The normalized spacial score (nSPS) is 19.2. The number of anilines is 1. The van der Waals surface area contributed by atoms with Gasteiger partial charge in [0, 0.05) is 43.1 Å². The van der Waals surface area contributed by atoms with E-state index >= 15 is 0 Å². The Morgan fingerprint density at radius 2 is 2.20 bits per heavy atom. The molecule has 1 amide bonds. The molecule has 1 aliphatic heterocycles. The number of fused-ring (bicyclic) bond motifs is 1. The summed E-state index contributed by atoms with van der Waals surface area (Å²) in [6.45, 7) is 2.65. The molecule has 1 fully saturated rings. The smallest absolute Gasteiger partial charge is 0.255 e. The molecule has 3 aromatic rings. The van der Waals surface area contributed by atoms with E-state index in [0.29, 0.717) is 29.3 Å². The number of aromatic nitrogens is 3. The molecule has 35 heavy (non-hydrogen) atoms. The van der Waals surface area contributed by atoms with E-state index in [1.165, 1.54) is 26.2 Å². The number of carbonyl (C=O) groups excluding carboxylic acids is 1. The fourth-order valence-electron chi connectivity index (χ4n) is 3.72. The molecule has 0 aliphatic carbocycles. The van der Waals surface area contributed by atoms with Crippen LogP contribution in [0.15, 0.2) is 36.8 Å². The van der Waals surface area contributed by atoms with Gasteiger partial charge in [-0.15, -0.1) is 0 Å². The third kappa shape index (κ3) is 5.39. The van der Waals surface area contributed by atoms with E-state index < -0.39 is 36.4 Å². The quantitative estimate of drug-likeness (QED) is 0.471. The second kappa shape index (κ2) is 9.93. The van der Waals surface area contributed by atoms with Gasteiger partial charge in [-0.1, -0.05) is 0 Å². The Kier molecular flexibility index (Phi) is 6.95. The van der Waals surface area contributed by atoms with Gasteiger partial charge in [-0.2, -0.15) is 5.26 Å². The molecule has 0 saturated carbocycles. The number of aliphatic hydroxyl groups is 1. The monoisotopic (exact) mass is 484 g/mol. The highest BCUT2D eigenvalue weighted by Gasteiger charge is 2.29. The fraction of sp³-hybridized carbons (Fsp3) is 0.417. The Hall–Kier alpha value is -3.62. The minimum atomic E-state index is -1.69. The molecule has 9 nitrogen and oxygen atoms in total. The van der Waals surface area contributed by atoms with Crippen LogP contribution in [0.3, 0.4) is 0 Å². The van der Waals surface area contributed by atoms with Gasteiger partial charge >= 0.3 is 0 Å². The molecule has 0 bridgehead atoms. The lowest BCUT2D eigenvalue weighted by Crippen LogP contribution is -2.43. The summed E-state index contributed by atoms with van der Waals surface area (Å²) < 4.78 is 35.8. The molecule has 1 saturated heterocycles. The summed E-state index contributed by atoms with van der Waals surface area (Å²) in [7, 11) is 0. The molecule has 184 valence electrons. The average Bonchev–Trinajstić information content (AvgIpc) is 3.26. The summed E-state index contributed by atoms with van der Waals surface area (Å²) in [6, 6.07) is 6.42. The summed E-state index contributed by atoms with van der Waals surface area (Å²) >= 11 is 0. The van der Waals surface area contributed by atoms with Gasteiger partial charge in [0.05, 0.1) is 41.6 Å². The van der Waals surface area contributed by atoms with Gasteiger partial charge in [0.2, 0.25) is 0 Å². The first-order valence-electron chi connectivity index (χ1n) is 11.2. The first-order chi connectivity index (χ1) is 16.7. The largest absolute Gasteiger partial charge is 0.387 e. The van der Waals surface area contributed by atoms with Crippen LogP contribution in [0.4, 0.5) is 14.5 Å². The summed E-state index contributed by atoms with van der Waals surface area (Å²) in [4.78, 5) is 21.6. The molecule has 3 N–H and O–H groups in total. The summed E-state index contributed by atoms with van der Waals surface area (Å²) in [5.74, 6) is -0.219. The Morgan fingerprint density at radius 3 is 2.91 bits per heavy atom. The van der Waals surface area contributed by atoms with Crippen LogP contribution in [0.25, 0.3) is 16.9 Å². The zero-order valence-corrected chi connectivity index (χ0v) is 19.3. The van der Waals surface area contributed by atoms with Gasteiger partial charge < -0.3 is 20.5 Å². The van der Waals surface area contributed by atoms with Crippen LogP contribution in [0.2, 0.25) is 0 Å². The van der Waals surface area contributed by atoms with Crippen LogP contribution in [0, 0.1) is 11.3 Å². The lowest BCUT2D eigenvalue weighted by Gasteiger charge is -2.28. The van der Waals surface area contributed by atoms with E-state index in [-0.39, 0.29) is 18.6 Å². The lowest BCUT2D eigenvalue weighted by atomic mass is 10.0. The third-order valence-corrected chi connectivity index (χ3v) is 5.86. The van der Waals surface area contributed by atoms with Crippen LogP contribution in [0.1, 0.15) is 36.2 Å². The number of ether oxygens (including phenoxy) is 1. The van der Waals surface area contributed by atoms with Gasteiger partial charge in [0.15, 0.2) is 0 Å². The number of hydrogen-bond donors (Lipinski definition) is 3. The maximum atomic E-state index is 14.5. The summed E-state index contributed by atoms with van der Waals surface area (Å²) in [5.41, 5.74) is -0.272. The minimum absolute atomic E-state index is 0.0886. The van der Waals surface area contributed by atoms with E-state index in [0.717, 1.165) is 5.39 Å². The predicted molar refractivity (Wildman–Crippen MR) is 125 cm³/mol. The number of alkyl halides is 2. The number of nitriles is 1. The molecular weight excluding hydrogens is 458 g/mol. The highest BCUT2D eigenvalue weighted by atomic mass is 19.1. The van der Waals surface area contributed by atoms with Crippen LogP contribution in [0.5, 0.6) is 0 Å². The highest BCUT2D eigenvalue weighted by molar-refractivity contribution is 5.99. The average molecular weight is 485 g/mol. The van der Waals surface area contributed by atoms with Gasteiger partial charge in [0.1, 0.15) is 29.9 Å². The minimum Gasteiger partial charge on any atom is -0.387 e. The van der Waals surface area contributed by atoms with Gasteiger partial charge in [0.25, 0.3) is 5.91 Å². The summed E-state index contributed by atoms with van der Waals surface area (Å²) in [6.07, 6.45) is 1.84. The van der Waals surface area contributed by atoms with Crippen molar-refractivity contribution in [1.82, 2.24) is 19.9 Å². The number of rotatable bonds is 7. The molecule has 2 unspecified atom stereocenters. The zero-order chi connectivity index (χ0) is 25.2. The van der Waals surface area contributed by atoms with E-state index in [1.54, 1.807) is 29.0 Å². The van der Waals surface area contributed by atoms with Crippen molar-refractivity contribution in [1.29, 1.82) is 5.26 Å². The number of halogens is 2. The molecule has 0 aromatic carbocycles. The van der Waals surface area contributed by atoms with E-state index in [2.05, 4.69) is 20.6 Å². The fourth-order valence-corrected chi connectivity index (χ4v) is 3.72. The number of carbonyl (C=O) groups is 1. The molecule has 0 radical (unpaired) electrons. The summed E-state index contributed by atoms with van der Waals surface area (Å²) in [5, 5.41) is 25.1. The molecule has 0 spiro atoms. The number of nitrogens with zero attached hydrogens (tertiary/aromatic N) is 4.